The average Bonchev–Trinajstić information content (AvgIpc) is 2.72. The van der Waals surface area contributed by atoms with E-state index < -0.39 is 0 Å². The van der Waals surface area contributed by atoms with Gasteiger partial charge < -0.3 is 19.1 Å². The first-order valence-electron chi connectivity index (χ1n) is 8.58. The van der Waals surface area contributed by atoms with Crippen LogP contribution in [0.15, 0.2) is 48.5 Å². The molecule has 5 nitrogen and oxygen atoms in total. The molecule has 1 aliphatic rings. The van der Waals surface area contributed by atoms with Crippen LogP contribution in [0.4, 0.5) is 5.69 Å². The van der Waals surface area contributed by atoms with Gasteiger partial charge in [-0.1, -0.05) is 18.2 Å². The molecule has 0 saturated carbocycles. The maximum Gasteiger partial charge on any atom is 0.189 e. The Morgan fingerprint density at radius 2 is 1.77 bits per heavy atom. The first-order chi connectivity index (χ1) is 12.7. The SMILES string of the molecule is COc1ccc(C(=O)/C=C/c2ccc(N3CCOCC3)cc2)c(OC)c1. The van der Waals surface area contributed by atoms with Gasteiger partial charge in [0.1, 0.15) is 11.5 Å². The summed E-state index contributed by atoms with van der Waals surface area (Å²) in [4.78, 5) is 14.8. The van der Waals surface area contributed by atoms with Crippen LogP contribution in [-0.4, -0.2) is 46.3 Å². The lowest BCUT2D eigenvalue weighted by atomic mass is 10.1. The highest BCUT2D eigenvalue weighted by molar-refractivity contribution is 6.08. The Bertz CT molecular complexity index is 777. The van der Waals surface area contributed by atoms with Crippen molar-refractivity contribution in [3.05, 3.63) is 59.7 Å². The number of carbonyl (C=O) groups is 1. The van der Waals surface area contributed by atoms with Crippen LogP contribution in [0.5, 0.6) is 11.5 Å². The third kappa shape index (κ3) is 4.24. The molecule has 0 N–H and O–H groups in total. The third-order valence-corrected chi connectivity index (χ3v) is 4.37. The summed E-state index contributed by atoms with van der Waals surface area (Å²) < 4.78 is 15.8. The predicted molar refractivity (Wildman–Crippen MR) is 102 cm³/mol. The Kier molecular flexibility index (Phi) is 5.92. The average molecular weight is 353 g/mol. The normalized spacial score (nSPS) is 14.5. The Balaban J connectivity index is 1.70. The van der Waals surface area contributed by atoms with Gasteiger partial charge in [0.05, 0.1) is 33.0 Å². The third-order valence-electron chi connectivity index (χ3n) is 4.37. The number of anilines is 1. The summed E-state index contributed by atoms with van der Waals surface area (Å²) in [6, 6.07) is 13.3. The minimum absolute atomic E-state index is 0.109. The first-order valence-corrected chi connectivity index (χ1v) is 8.58. The van der Waals surface area contributed by atoms with Gasteiger partial charge >= 0.3 is 0 Å². The number of hydrogen-bond donors (Lipinski definition) is 0. The number of allylic oxidation sites excluding steroid dienone is 1. The summed E-state index contributed by atoms with van der Waals surface area (Å²) in [6.07, 6.45) is 3.38. The molecule has 2 aromatic carbocycles. The van der Waals surface area contributed by atoms with E-state index in [1.54, 1.807) is 38.5 Å². The molecule has 2 aromatic rings. The van der Waals surface area contributed by atoms with Crippen molar-refractivity contribution in [1.29, 1.82) is 0 Å². The molecular weight excluding hydrogens is 330 g/mol. The highest BCUT2D eigenvalue weighted by Crippen LogP contribution is 2.25. The summed E-state index contributed by atoms with van der Waals surface area (Å²) >= 11 is 0. The molecule has 1 heterocycles. The number of ketones is 1. The Hall–Kier alpha value is -2.79. The molecule has 136 valence electrons. The van der Waals surface area contributed by atoms with Crippen molar-refractivity contribution in [2.24, 2.45) is 0 Å². The van der Waals surface area contributed by atoms with Crippen LogP contribution < -0.4 is 14.4 Å². The summed E-state index contributed by atoms with van der Waals surface area (Å²) in [7, 11) is 3.12. The summed E-state index contributed by atoms with van der Waals surface area (Å²) in [5.41, 5.74) is 2.66. The lowest BCUT2D eigenvalue weighted by Crippen LogP contribution is -2.36. The fourth-order valence-electron chi connectivity index (χ4n) is 2.88. The van der Waals surface area contributed by atoms with Crippen molar-refractivity contribution in [3.63, 3.8) is 0 Å². The molecule has 0 spiro atoms. The van der Waals surface area contributed by atoms with Crippen molar-refractivity contribution in [2.75, 3.05) is 45.4 Å². The zero-order valence-corrected chi connectivity index (χ0v) is 15.1. The molecule has 1 aliphatic heterocycles. The lowest BCUT2D eigenvalue weighted by Gasteiger charge is -2.28. The standard InChI is InChI=1S/C21H23NO4/c1-24-18-8-9-19(21(15-18)25-2)20(23)10-5-16-3-6-17(7-4-16)22-11-13-26-14-12-22/h3-10,15H,11-14H2,1-2H3/b10-5+. The van der Waals surface area contributed by atoms with Crippen molar-refractivity contribution in [2.45, 2.75) is 0 Å². The topological polar surface area (TPSA) is 48.0 Å². The second kappa shape index (κ2) is 8.54. The van der Waals surface area contributed by atoms with Crippen LogP contribution in [0.3, 0.4) is 0 Å². The first kappa shape index (κ1) is 18.0. The zero-order valence-electron chi connectivity index (χ0n) is 15.1. The van der Waals surface area contributed by atoms with Crippen molar-refractivity contribution < 1.29 is 19.0 Å². The van der Waals surface area contributed by atoms with E-state index in [1.807, 2.05) is 18.2 Å². The molecule has 0 aromatic heterocycles. The van der Waals surface area contributed by atoms with Crippen LogP contribution in [-0.2, 0) is 4.74 Å². The second-order valence-electron chi connectivity index (χ2n) is 5.95. The van der Waals surface area contributed by atoms with Gasteiger partial charge in [0, 0.05) is 24.8 Å². The number of carbonyl (C=O) groups excluding carboxylic acids is 1. The van der Waals surface area contributed by atoms with Gasteiger partial charge in [-0.15, -0.1) is 0 Å². The molecule has 0 atom stereocenters. The fourth-order valence-corrected chi connectivity index (χ4v) is 2.88. The van der Waals surface area contributed by atoms with E-state index in [2.05, 4.69) is 17.0 Å². The number of rotatable bonds is 6. The molecule has 0 bridgehead atoms. The number of methoxy groups -OCH3 is 2. The van der Waals surface area contributed by atoms with Gasteiger partial charge in [0.2, 0.25) is 0 Å². The number of ether oxygens (including phenoxy) is 3. The molecule has 26 heavy (non-hydrogen) atoms. The smallest absolute Gasteiger partial charge is 0.189 e. The number of benzene rings is 2. The molecule has 3 rings (SSSR count). The maximum absolute atomic E-state index is 12.5. The second-order valence-corrected chi connectivity index (χ2v) is 5.95. The van der Waals surface area contributed by atoms with Gasteiger partial charge in [-0.2, -0.15) is 0 Å². The van der Waals surface area contributed by atoms with Crippen LogP contribution in [0.1, 0.15) is 15.9 Å². The van der Waals surface area contributed by atoms with Gasteiger partial charge in [-0.3, -0.25) is 4.79 Å². The summed E-state index contributed by atoms with van der Waals surface area (Å²) in [5, 5.41) is 0. The quantitative estimate of drug-likeness (QED) is 0.588. The molecule has 1 saturated heterocycles. The maximum atomic E-state index is 12.5. The highest BCUT2D eigenvalue weighted by Gasteiger charge is 2.12. The van der Waals surface area contributed by atoms with E-state index in [4.69, 9.17) is 14.2 Å². The van der Waals surface area contributed by atoms with Crippen LogP contribution in [0.2, 0.25) is 0 Å². The number of hydrogen-bond acceptors (Lipinski definition) is 5. The molecular formula is C21H23NO4. The molecule has 1 fully saturated rings. The summed E-state index contributed by atoms with van der Waals surface area (Å²) in [5.74, 6) is 1.05. The van der Waals surface area contributed by atoms with Gasteiger partial charge in [-0.05, 0) is 35.9 Å². The van der Waals surface area contributed by atoms with E-state index in [9.17, 15) is 4.79 Å². The molecule has 0 unspecified atom stereocenters. The van der Waals surface area contributed by atoms with Crippen LogP contribution in [0.25, 0.3) is 6.08 Å². The summed E-state index contributed by atoms with van der Waals surface area (Å²) in [6.45, 7) is 3.34. The fraction of sp³-hybridized carbons (Fsp3) is 0.286. The minimum Gasteiger partial charge on any atom is -0.497 e. The predicted octanol–water partition coefficient (Wildman–Crippen LogP) is 3.44. The Morgan fingerprint density at radius 3 is 2.42 bits per heavy atom. The molecule has 0 amide bonds. The van der Waals surface area contributed by atoms with E-state index in [-0.39, 0.29) is 5.78 Å². The Labute approximate surface area is 153 Å². The zero-order chi connectivity index (χ0) is 18.4. The van der Waals surface area contributed by atoms with E-state index in [0.717, 1.165) is 31.9 Å². The number of nitrogens with zero attached hydrogens (tertiary/aromatic N) is 1. The monoisotopic (exact) mass is 353 g/mol. The Morgan fingerprint density at radius 1 is 1.04 bits per heavy atom. The lowest BCUT2D eigenvalue weighted by molar-refractivity contribution is 0.104. The van der Waals surface area contributed by atoms with Gasteiger partial charge in [-0.25, -0.2) is 0 Å². The van der Waals surface area contributed by atoms with Gasteiger partial charge in [0.15, 0.2) is 5.78 Å². The van der Waals surface area contributed by atoms with E-state index >= 15 is 0 Å². The number of morpholine rings is 1. The molecule has 0 aliphatic carbocycles. The van der Waals surface area contributed by atoms with Crippen molar-refractivity contribution in [1.82, 2.24) is 0 Å². The van der Waals surface area contributed by atoms with Gasteiger partial charge in [0.25, 0.3) is 0 Å². The van der Waals surface area contributed by atoms with Crippen molar-refractivity contribution >= 4 is 17.5 Å². The minimum atomic E-state index is -0.109. The highest BCUT2D eigenvalue weighted by atomic mass is 16.5. The largest absolute Gasteiger partial charge is 0.497 e. The molecule has 5 heteroatoms. The van der Waals surface area contributed by atoms with Crippen LogP contribution >= 0.6 is 0 Å². The van der Waals surface area contributed by atoms with E-state index in [0.29, 0.717) is 17.1 Å². The van der Waals surface area contributed by atoms with Crippen LogP contribution in [0, 0.1) is 0 Å². The van der Waals surface area contributed by atoms with E-state index in [1.165, 1.54) is 5.69 Å². The van der Waals surface area contributed by atoms with Crippen molar-refractivity contribution in [3.8, 4) is 11.5 Å². The molecule has 0 radical (unpaired) electrons.